The molecule has 0 saturated heterocycles. The molecular formula is C12H22N4. The van der Waals surface area contributed by atoms with E-state index in [0.29, 0.717) is 11.8 Å². The highest BCUT2D eigenvalue weighted by Crippen LogP contribution is 2.31. The topological polar surface area (TPSA) is 67.6 Å². The minimum atomic E-state index is -0.0476. The van der Waals surface area contributed by atoms with Crippen LogP contribution in [0.5, 0.6) is 0 Å². The number of aromatic amines is 1. The van der Waals surface area contributed by atoms with Gasteiger partial charge in [-0.3, -0.25) is 5.10 Å². The van der Waals surface area contributed by atoms with Gasteiger partial charge in [0.15, 0.2) is 5.82 Å². The molecule has 1 aliphatic rings. The summed E-state index contributed by atoms with van der Waals surface area (Å²) in [5, 5.41) is 7.32. The zero-order valence-electron chi connectivity index (χ0n) is 10.2. The molecule has 0 unspecified atom stereocenters. The van der Waals surface area contributed by atoms with Crippen molar-refractivity contribution in [2.45, 2.75) is 57.9 Å². The summed E-state index contributed by atoms with van der Waals surface area (Å²) in [6.07, 6.45) is 6.48. The van der Waals surface area contributed by atoms with Gasteiger partial charge in [0.1, 0.15) is 5.82 Å². The Morgan fingerprint density at radius 3 is 2.56 bits per heavy atom. The molecule has 1 heterocycles. The van der Waals surface area contributed by atoms with Crippen molar-refractivity contribution in [1.29, 1.82) is 0 Å². The molecule has 1 aromatic rings. The second-order valence-corrected chi connectivity index (χ2v) is 5.18. The highest BCUT2D eigenvalue weighted by atomic mass is 15.2. The van der Waals surface area contributed by atoms with Crippen LogP contribution in [0.4, 0.5) is 0 Å². The van der Waals surface area contributed by atoms with Crippen molar-refractivity contribution in [2.75, 3.05) is 0 Å². The van der Waals surface area contributed by atoms with Crippen molar-refractivity contribution in [2.24, 2.45) is 11.7 Å². The molecule has 0 aliphatic heterocycles. The van der Waals surface area contributed by atoms with Crippen LogP contribution in [-0.2, 0) is 0 Å². The van der Waals surface area contributed by atoms with E-state index >= 15 is 0 Å². The lowest BCUT2D eigenvalue weighted by atomic mass is 9.89. The first-order chi connectivity index (χ1) is 7.68. The quantitative estimate of drug-likeness (QED) is 0.825. The van der Waals surface area contributed by atoms with Crippen molar-refractivity contribution >= 4 is 0 Å². The molecule has 1 aliphatic carbocycles. The third kappa shape index (κ3) is 2.43. The van der Waals surface area contributed by atoms with Gasteiger partial charge in [-0.05, 0) is 18.8 Å². The minimum Gasteiger partial charge on any atom is -0.321 e. The molecule has 3 N–H and O–H groups in total. The first-order valence-corrected chi connectivity index (χ1v) is 6.36. The van der Waals surface area contributed by atoms with Crippen LogP contribution in [0.3, 0.4) is 0 Å². The van der Waals surface area contributed by atoms with E-state index in [-0.39, 0.29) is 6.04 Å². The number of nitrogens with zero attached hydrogens (tertiary/aromatic N) is 2. The lowest BCUT2D eigenvalue weighted by Gasteiger charge is -2.18. The second kappa shape index (κ2) is 4.95. The van der Waals surface area contributed by atoms with E-state index < -0.39 is 0 Å². The summed E-state index contributed by atoms with van der Waals surface area (Å²) in [6, 6.07) is -0.0476. The molecule has 0 radical (unpaired) electrons. The fourth-order valence-electron chi connectivity index (χ4n) is 2.29. The molecule has 1 fully saturated rings. The molecule has 0 aromatic carbocycles. The van der Waals surface area contributed by atoms with Gasteiger partial charge in [0, 0.05) is 5.92 Å². The van der Waals surface area contributed by atoms with Gasteiger partial charge < -0.3 is 5.73 Å². The molecule has 0 amide bonds. The molecule has 0 bridgehead atoms. The Morgan fingerprint density at radius 1 is 1.25 bits per heavy atom. The van der Waals surface area contributed by atoms with Crippen LogP contribution in [0.1, 0.15) is 69.6 Å². The van der Waals surface area contributed by atoms with Crippen LogP contribution in [0.25, 0.3) is 0 Å². The number of hydrogen-bond donors (Lipinski definition) is 2. The summed E-state index contributed by atoms with van der Waals surface area (Å²) in [7, 11) is 0. The maximum absolute atomic E-state index is 6.04. The van der Waals surface area contributed by atoms with Crippen molar-refractivity contribution in [1.82, 2.24) is 15.2 Å². The van der Waals surface area contributed by atoms with E-state index in [9.17, 15) is 0 Å². The monoisotopic (exact) mass is 222 g/mol. The Balaban J connectivity index is 2.06. The average molecular weight is 222 g/mol. The van der Waals surface area contributed by atoms with Gasteiger partial charge in [-0.1, -0.05) is 33.1 Å². The SMILES string of the molecule is CC(C)[C@H](N)c1n[nH]c(C2CCCCC2)n1. The predicted octanol–water partition coefficient (Wildman–Crippen LogP) is 2.51. The van der Waals surface area contributed by atoms with Crippen molar-refractivity contribution in [3.8, 4) is 0 Å². The Morgan fingerprint density at radius 2 is 1.94 bits per heavy atom. The average Bonchev–Trinajstić information content (AvgIpc) is 2.78. The maximum atomic E-state index is 6.04. The Labute approximate surface area is 97.0 Å². The first kappa shape index (κ1) is 11.6. The van der Waals surface area contributed by atoms with Gasteiger partial charge in [0.05, 0.1) is 6.04 Å². The zero-order valence-corrected chi connectivity index (χ0v) is 10.2. The van der Waals surface area contributed by atoms with E-state index in [1.807, 2.05) is 0 Å². The number of nitrogens with one attached hydrogen (secondary N) is 1. The van der Waals surface area contributed by atoms with Crippen LogP contribution in [0.2, 0.25) is 0 Å². The van der Waals surface area contributed by atoms with E-state index in [0.717, 1.165) is 11.6 Å². The highest BCUT2D eigenvalue weighted by molar-refractivity contribution is 5.02. The number of hydrogen-bond acceptors (Lipinski definition) is 3. The first-order valence-electron chi connectivity index (χ1n) is 6.36. The lowest BCUT2D eigenvalue weighted by Crippen LogP contribution is -2.18. The van der Waals surface area contributed by atoms with Gasteiger partial charge in [0.2, 0.25) is 0 Å². The summed E-state index contributed by atoms with van der Waals surface area (Å²) >= 11 is 0. The number of nitrogens with two attached hydrogens (primary N) is 1. The number of rotatable bonds is 3. The van der Waals surface area contributed by atoms with E-state index in [1.54, 1.807) is 0 Å². The van der Waals surface area contributed by atoms with E-state index in [2.05, 4.69) is 29.0 Å². The summed E-state index contributed by atoms with van der Waals surface area (Å²) < 4.78 is 0. The van der Waals surface area contributed by atoms with Crippen molar-refractivity contribution in [3.05, 3.63) is 11.6 Å². The van der Waals surface area contributed by atoms with Crippen LogP contribution < -0.4 is 5.73 Å². The molecule has 1 saturated carbocycles. The van der Waals surface area contributed by atoms with E-state index in [1.165, 1.54) is 32.1 Å². The molecule has 16 heavy (non-hydrogen) atoms. The summed E-state index contributed by atoms with van der Waals surface area (Å²) in [4.78, 5) is 4.56. The van der Waals surface area contributed by atoms with E-state index in [4.69, 9.17) is 5.73 Å². The van der Waals surface area contributed by atoms with Gasteiger partial charge in [0.25, 0.3) is 0 Å². The smallest absolute Gasteiger partial charge is 0.167 e. The Hall–Kier alpha value is -0.900. The summed E-state index contributed by atoms with van der Waals surface area (Å²) in [5.41, 5.74) is 6.04. The summed E-state index contributed by atoms with van der Waals surface area (Å²) in [6.45, 7) is 4.20. The van der Waals surface area contributed by atoms with Crippen LogP contribution in [0.15, 0.2) is 0 Å². The zero-order chi connectivity index (χ0) is 11.5. The molecule has 1 atom stereocenters. The lowest BCUT2D eigenvalue weighted by molar-refractivity contribution is 0.428. The molecule has 0 spiro atoms. The molecule has 90 valence electrons. The molecular weight excluding hydrogens is 200 g/mol. The predicted molar refractivity (Wildman–Crippen MR) is 64.0 cm³/mol. The highest BCUT2D eigenvalue weighted by Gasteiger charge is 2.21. The van der Waals surface area contributed by atoms with Crippen LogP contribution in [-0.4, -0.2) is 15.2 Å². The number of H-pyrrole nitrogens is 1. The molecule has 1 aromatic heterocycles. The van der Waals surface area contributed by atoms with Crippen LogP contribution in [0, 0.1) is 5.92 Å². The molecule has 4 heteroatoms. The van der Waals surface area contributed by atoms with Gasteiger partial charge in [-0.2, -0.15) is 5.10 Å². The third-order valence-corrected chi connectivity index (χ3v) is 3.53. The molecule has 2 rings (SSSR count). The van der Waals surface area contributed by atoms with Gasteiger partial charge >= 0.3 is 0 Å². The van der Waals surface area contributed by atoms with Gasteiger partial charge in [-0.15, -0.1) is 0 Å². The molecule has 4 nitrogen and oxygen atoms in total. The van der Waals surface area contributed by atoms with Crippen molar-refractivity contribution in [3.63, 3.8) is 0 Å². The van der Waals surface area contributed by atoms with Crippen molar-refractivity contribution < 1.29 is 0 Å². The Kier molecular flexibility index (Phi) is 3.59. The van der Waals surface area contributed by atoms with Crippen LogP contribution >= 0.6 is 0 Å². The fourth-order valence-corrected chi connectivity index (χ4v) is 2.29. The van der Waals surface area contributed by atoms with Gasteiger partial charge in [-0.25, -0.2) is 4.98 Å². The second-order valence-electron chi connectivity index (χ2n) is 5.18. The largest absolute Gasteiger partial charge is 0.321 e. The summed E-state index contributed by atoms with van der Waals surface area (Å²) in [5.74, 6) is 2.78. The number of aromatic nitrogens is 3. The maximum Gasteiger partial charge on any atom is 0.167 e. The normalized spacial score (nSPS) is 20.2. The third-order valence-electron chi connectivity index (χ3n) is 3.53. The fraction of sp³-hybridized carbons (Fsp3) is 0.833. The standard InChI is InChI=1S/C12H22N4/c1-8(2)10(13)12-14-11(15-16-12)9-6-4-3-5-7-9/h8-10H,3-7,13H2,1-2H3,(H,14,15,16)/t10-/m0/s1. The minimum absolute atomic E-state index is 0.0476. The Bertz CT molecular complexity index is 326.